The van der Waals surface area contributed by atoms with Gasteiger partial charge in [-0.05, 0) is 48.3 Å². The van der Waals surface area contributed by atoms with E-state index in [0.29, 0.717) is 11.0 Å². The van der Waals surface area contributed by atoms with E-state index in [2.05, 4.69) is 18.0 Å². The predicted molar refractivity (Wildman–Crippen MR) is 88.9 cm³/mol. The van der Waals surface area contributed by atoms with Crippen molar-refractivity contribution in [1.29, 1.82) is 0 Å². The zero-order chi connectivity index (χ0) is 15.0. The first-order valence-corrected chi connectivity index (χ1v) is 8.58. The normalized spacial score (nSPS) is 31.7. The number of guanidine groups is 1. The molecule has 0 spiro atoms. The first-order valence-electron chi connectivity index (χ1n) is 7.53. The number of thioether (sulfide) groups is 1. The van der Waals surface area contributed by atoms with Gasteiger partial charge in [0, 0.05) is 10.7 Å². The number of phenols is 1. The zero-order valence-corrected chi connectivity index (χ0v) is 13.2. The summed E-state index contributed by atoms with van der Waals surface area (Å²) in [6, 6.07) is 5.84. The molecule has 3 unspecified atom stereocenters. The van der Waals surface area contributed by atoms with Gasteiger partial charge < -0.3 is 16.6 Å². The monoisotopic (exact) mass is 305 g/mol. The minimum atomic E-state index is -0.103. The van der Waals surface area contributed by atoms with Crippen molar-refractivity contribution < 1.29 is 5.11 Å². The molecule has 0 radical (unpaired) electrons. The Balaban J connectivity index is 2.15. The summed E-state index contributed by atoms with van der Waals surface area (Å²) < 4.78 is 0. The van der Waals surface area contributed by atoms with Gasteiger partial charge in [-0.3, -0.25) is 0 Å². The van der Waals surface area contributed by atoms with Gasteiger partial charge in [0.25, 0.3) is 0 Å². The molecular weight excluding hydrogens is 282 g/mol. The maximum absolute atomic E-state index is 9.90. The molecule has 1 aromatic carbocycles. The maximum Gasteiger partial charge on any atom is 0.186 e. The van der Waals surface area contributed by atoms with Crippen molar-refractivity contribution in [2.45, 2.75) is 49.3 Å². The first-order chi connectivity index (χ1) is 10.0. The van der Waals surface area contributed by atoms with E-state index in [-0.39, 0.29) is 17.4 Å². The standard InChI is InChI=1S/C16H23N3OS/c1-16-6-2-3-7-21-13(14(16)19-15(17)18)8-10-4-5-11(20)9-12(10)16/h4-5,9,13-14,20H,2-3,6-8H2,1H3,(H4,17,18,19). The van der Waals surface area contributed by atoms with Crippen molar-refractivity contribution in [3.05, 3.63) is 29.3 Å². The van der Waals surface area contributed by atoms with Gasteiger partial charge in [0.15, 0.2) is 5.96 Å². The van der Waals surface area contributed by atoms with Gasteiger partial charge in [-0.25, -0.2) is 4.99 Å². The highest BCUT2D eigenvalue weighted by atomic mass is 32.2. The van der Waals surface area contributed by atoms with Crippen molar-refractivity contribution in [3.63, 3.8) is 0 Å². The molecular formula is C16H23N3OS. The summed E-state index contributed by atoms with van der Waals surface area (Å²) in [5.74, 6) is 1.66. The molecule has 2 aliphatic rings. The molecule has 1 aliphatic heterocycles. The fourth-order valence-electron chi connectivity index (χ4n) is 3.82. The lowest BCUT2D eigenvalue weighted by Gasteiger charge is -2.46. The van der Waals surface area contributed by atoms with Crippen molar-refractivity contribution in [1.82, 2.24) is 0 Å². The molecule has 0 aromatic heterocycles. The van der Waals surface area contributed by atoms with E-state index in [1.165, 1.54) is 29.7 Å². The summed E-state index contributed by atoms with van der Waals surface area (Å²) in [6.07, 6.45) is 4.43. The van der Waals surface area contributed by atoms with E-state index >= 15 is 0 Å². The number of aromatic hydroxyl groups is 1. The molecule has 1 aliphatic carbocycles. The smallest absolute Gasteiger partial charge is 0.186 e. The number of rotatable bonds is 1. The molecule has 2 bridgehead atoms. The van der Waals surface area contributed by atoms with E-state index in [0.717, 1.165) is 12.8 Å². The molecule has 5 N–H and O–H groups in total. The van der Waals surface area contributed by atoms with E-state index in [1.54, 1.807) is 6.07 Å². The van der Waals surface area contributed by atoms with Gasteiger partial charge in [0.1, 0.15) is 5.75 Å². The Labute approximate surface area is 130 Å². The Bertz CT molecular complexity index is 571. The van der Waals surface area contributed by atoms with Crippen molar-refractivity contribution in [3.8, 4) is 5.75 Å². The number of benzene rings is 1. The SMILES string of the molecule is CC12CCCCSC(Cc3ccc(O)cc31)C2N=C(N)N. The second-order valence-electron chi connectivity index (χ2n) is 6.33. The van der Waals surface area contributed by atoms with Crippen LogP contribution in [0.4, 0.5) is 0 Å². The van der Waals surface area contributed by atoms with Crippen LogP contribution < -0.4 is 11.5 Å². The van der Waals surface area contributed by atoms with Gasteiger partial charge in [0.2, 0.25) is 0 Å². The Morgan fingerprint density at radius 1 is 1.38 bits per heavy atom. The largest absolute Gasteiger partial charge is 0.508 e. The third-order valence-corrected chi connectivity index (χ3v) is 6.22. The molecule has 0 amide bonds. The Kier molecular flexibility index (Phi) is 3.78. The summed E-state index contributed by atoms with van der Waals surface area (Å²) in [4.78, 5) is 4.59. The number of hydrogen-bond acceptors (Lipinski definition) is 3. The van der Waals surface area contributed by atoms with Gasteiger partial charge in [-0.1, -0.05) is 19.4 Å². The lowest BCUT2D eigenvalue weighted by Crippen LogP contribution is -2.49. The van der Waals surface area contributed by atoms with Crippen LogP contribution in [0.3, 0.4) is 0 Å². The molecule has 1 aromatic rings. The molecule has 1 saturated heterocycles. The van der Waals surface area contributed by atoms with Crippen LogP contribution in [-0.2, 0) is 11.8 Å². The molecule has 3 atom stereocenters. The quantitative estimate of drug-likeness (QED) is 0.548. The van der Waals surface area contributed by atoms with Gasteiger partial charge in [-0.15, -0.1) is 0 Å². The zero-order valence-electron chi connectivity index (χ0n) is 12.4. The van der Waals surface area contributed by atoms with Crippen LogP contribution in [0.2, 0.25) is 0 Å². The maximum atomic E-state index is 9.90. The topological polar surface area (TPSA) is 84.6 Å². The Morgan fingerprint density at radius 3 is 2.95 bits per heavy atom. The van der Waals surface area contributed by atoms with Crippen LogP contribution in [0.15, 0.2) is 23.2 Å². The van der Waals surface area contributed by atoms with Gasteiger partial charge >= 0.3 is 0 Å². The number of aliphatic imine (C=N–C) groups is 1. The average Bonchev–Trinajstić information content (AvgIpc) is 2.42. The van der Waals surface area contributed by atoms with E-state index in [1.807, 2.05) is 17.8 Å². The number of hydrogen-bond donors (Lipinski definition) is 3. The molecule has 21 heavy (non-hydrogen) atoms. The third kappa shape index (κ3) is 2.59. The van der Waals surface area contributed by atoms with Crippen molar-refractivity contribution >= 4 is 17.7 Å². The van der Waals surface area contributed by atoms with Crippen LogP contribution in [0, 0.1) is 0 Å². The second kappa shape index (κ2) is 5.44. The molecule has 0 saturated carbocycles. The van der Waals surface area contributed by atoms with Crippen LogP contribution in [0.1, 0.15) is 37.3 Å². The number of phenolic OH excluding ortho intramolecular Hbond substituents is 1. The predicted octanol–water partition coefficient (Wildman–Crippen LogP) is 2.13. The third-order valence-electron chi connectivity index (χ3n) is 4.85. The second-order valence-corrected chi connectivity index (χ2v) is 7.68. The van der Waals surface area contributed by atoms with E-state index in [4.69, 9.17) is 11.5 Å². The summed E-state index contributed by atoms with van der Waals surface area (Å²) in [7, 11) is 0. The average molecular weight is 305 g/mol. The highest BCUT2D eigenvalue weighted by Crippen LogP contribution is 2.48. The Morgan fingerprint density at radius 2 is 2.19 bits per heavy atom. The fraction of sp³-hybridized carbons (Fsp3) is 0.562. The molecule has 1 heterocycles. The van der Waals surface area contributed by atoms with Crippen molar-refractivity contribution in [2.24, 2.45) is 16.5 Å². The van der Waals surface area contributed by atoms with Crippen LogP contribution in [0.5, 0.6) is 5.75 Å². The molecule has 114 valence electrons. The van der Waals surface area contributed by atoms with Gasteiger partial charge in [-0.2, -0.15) is 11.8 Å². The van der Waals surface area contributed by atoms with E-state index < -0.39 is 0 Å². The number of nitrogens with two attached hydrogens (primary N) is 2. The van der Waals surface area contributed by atoms with Gasteiger partial charge in [0.05, 0.1) is 6.04 Å². The highest BCUT2D eigenvalue weighted by Gasteiger charge is 2.46. The number of fused-ring (bicyclic) bond motifs is 4. The summed E-state index contributed by atoms with van der Waals surface area (Å²) in [5, 5.41) is 10.3. The molecule has 5 heteroatoms. The van der Waals surface area contributed by atoms with Crippen LogP contribution >= 0.6 is 11.8 Å². The molecule has 1 fully saturated rings. The molecule has 3 rings (SSSR count). The highest BCUT2D eigenvalue weighted by molar-refractivity contribution is 7.99. The lowest BCUT2D eigenvalue weighted by molar-refractivity contribution is 0.307. The van der Waals surface area contributed by atoms with Crippen molar-refractivity contribution in [2.75, 3.05) is 5.75 Å². The Hall–Kier alpha value is -1.36. The van der Waals surface area contributed by atoms with Crippen LogP contribution in [-0.4, -0.2) is 28.1 Å². The number of nitrogens with zero attached hydrogens (tertiary/aromatic N) is 1. The summed E-state index contributed by atoms with van der Waals surface area (Å²) in [6.45, 7) is 2.25. The first kappa shape index (κ1) is 14.6. The van der Waals surface area contributed by atoms with Crippen LogP contribution in [0.25, 0.3) is 0 Å². The van der Waals surface area contributed by atoms with E-state index in [9.17, 15) is 5.11 Å². The summed E-state index contributed by atoms with van der Waals surface area (Å²) in [5.41, 5.74) is 13.8. The minimum absolute atomic E-state index is 0.0853. The molecule has 4 nitrogen and oxygen atoms in total. The summed E-state index contributed by atoms with van der Waals surface area (Å²) >= 11 is 1.99. The minimum Gasteiger partial charge on any atom is -0.508 e. The lowest BCUT2D eigenvalue weighted by atomic mass is 9.65. The fourth-order valence-corrected chi connectivity index (χ4v) is 5.33.